The third kappa shape index (κ3) is 4.09. The zero-order valence-electron chi connectivity index (χ0n) is 14.9. The average Bonchev–Trinajstić information content (AvgIpc) is 3.40. The van der Waals surface area contributed by atoms with Gasteiger partial charge in [-0.05, 0) is 40.6 Å². The Bertz CT molecular complexity index is 882. The number of carboxylic acid groups (broad SMARTS) is 1. The number of ether oxygens (including phenoxy) is 2. The summed E-state index contributed by atoms with van der Waals surface area (Å²) >= 11 is 1.65. The number of hydrogen-bond acceptors (Lipinski definition) is 5. The molecule has 4 atom stereocenters. The summed E-state index contributed by atoms with van der Waals surface area (Å²) in [5.74, 6) is -0.899. The third-order valence-corrected chi connectivity index (χ3v) is 5.56. The molecule has 4 rings (SSSR count). The van der Waals surface area contributed by atoms with Crippen LogP contribution in [-0.2, 0) is 9.47 Å². The number of carbonyl (C=O) groups is 2. The maximum atomic E-state index is 12.3. The molecule has 0 spiro atoms. The fraction of sp³-hybridized carbons (Fsp3) is 0.300. The molecule has 0 aliphatic carbocycles. The summed E-state index contributed by atoms with van der Waals surface area (Å²) in [5, 5.41) is 18.7. The first-order valence-electron chi connectivity index (χ1n) is 8.94. The Morgan fingerprint density at radius 2 is 2.04 bits per heavy atom. The molecule has 146 valence electrons. The lowest BCUT2D eigenvalue weighted by molar-refractivity contribution is 0.0662. The van der Waals surface area contributed by atoms with Crippen molar-refractivity contribution in [3.63, 3.8) is 0 Å². The fourth-order valence-corrected chi connectivity index (χ4v) is 4.12. The van der Waals surface area contributed by atoms with E-state index < -0.39 is 12.0 Å². The van der Waals surface area contributed by atoms with Crippen molar-refractivity contribution in [1.29, 1.82) is 0 Å². The van der Waals surface area contributed by atoms with Crippen molar-refractivity contribution in [3.8, 4) is 0 Å². The van der Waals surface area contributed by atoms with Crippen LogP contribution in [0, 0.1) is 5.92 Å². The Morgan fingerprint density at radius 3 is 2.82 bits per heavy atom. The Labute approximate surface area is 166 Å². The number of hydrogen-bond donors (Lipinski definition) is 3. The summed E-state index contributed by atoms with van der Waals surface area (Å²) < 4.78 is 11.8. The lowest BCUT2D eigenvalue weighted by Gasteiger charge is -2.18. The third-order valence-electron chi connectivity index (χ3n) is 4.85. The van der Waals surface area contributed by atoms with Gasteiger partial charge in [0.15, 0.2) is 0 Å². The van der Waals surface area contributed by atoms with Crippen LogP contribution in [0.3, 0.4) is 0 Å². The van der Waals surface area contributed by atoms with Gasteiger partial charge in [0.05, 0.1) is 30.9 Å². The topological polar surface area (TPSA) is 96.9 Å². The van der Waals surface area contributed by atoms with Gasteiger partial charge >= 0.3 is 12.0 Å². The molecule has 2 amide bonds. The fourth-order valence-electron chi connectivity index (χ4n) is 3.49. The molecular formula is C20H20N2O5S. The van der Waals surface area contributed by atoms with Gasteiger partial charge in [-0.1, -0.05) is 18.2 Å². The summed E-state index contributed by atoms with van der Waals surface area (Å²) in [6.07, 6.45) is 3.88. The zero-order valence-corrected chi connectivity index (χ0v) is 15.7. The van der Waals surface area contributed by atoms with E-state index in [1.54, 1.807) is 23.5 Å². The summed E-state index contributed by atoms with van der Waals surface area (Å²) in [6.45, 7) is 0.928. The molecule has 3 heterocycles. The molecule has 2 aromatic rings. The number of carboxylic acids is 1. The van der Waals surface area contributed by atoms with Gasteiger partial charge in [0.25, 0.3) is 0 Å². The van der Waals surface area contributed by atoms with Crippen LogP contribution in [0.2, 0.25) is 0 Å². The van der Waals surface area contributed by atoms with E-state index in [9.17, 15) is 9.59 Å². The molecule has 0 saturated carbocycles. The van der Waals surface area contributed by atoms with Gasteiger partial charge in [-0.15, -0.1) is 0 Å². The minimum atomic E-state index is -1.04. The highest BCUT2D eigenvalue weighted by molar-refractivity contribution is 7.08. The first-order chi connectivity index (χ1) is 13.6. The smallest absolute Gasteiger partial charge is 0.335 e. The number of anilines is 1. The molecule has 0 radical (unpaired) electrons. The molecule has 2 aliphatic heterocycles. The Kier molecular flexibility index (Phi) is 5.43. The molecule has 0 unspecified atom stereocenters. The van der Waals surface area contributed by atoms with Crippen molar-refractivity contribution in [2.24, 2.45) is 5.92 Å². The van der Waals surface area contributed by atoms with E-state index in [1.807, 2.05) is 5.38 Å². The van der Waals surface area contributed by atoms with Gasteiger partial charge in [0.1, 0.15) is 6.10 Å². The van der Waals surface area contributed by atoms with Crippen LogP contribution < -0.4 is 10.6 Å². The number of nitrogens with one attached hydrogen (secondary N) is 2. The van der Waals surface area contributed by atoms with E-state index in [-0.39, 0.29) is 29.7 Å². The van der Waals surface area contributed by atoms with E-state index in [2.05, 4.69) is 34.2 Å². The number of carbonyl (C=O) groups excluding carboxylic acids is 1. The van der Waals surface area contributed by atoms with Crippen molar-refractivity contribution in [1.82, 2.24) is 5.32 Å². The summed E-state index contributed by atoms with van der Waals surface area (Å²) in [7, 11) is 0. The number of rotatable bonds is 5. The number of urea groups is 1. The molecule has 28 heavy (non-hydrogen) atoms. The van der Waals surface area contributed by atoms with Crippen molar-refractivity contribution in [2.75, 3.05) is 18.5 Å². The van der Waals surface area contributed by atoms with Crippen LogP contribution in [0.4, 0.5) is 10.5 Å². The van der Waals surface area contributed by atoms with Crippen molar-refractivity contribution >= 4 is 35.1 Å². The molecule has 0 bridgehead atoms. The average molecular weight is 400 g/mol. The number of thiophene rings is 1. The van der Waals surface area contributed by atoms with Crippen molar-refractivity contribution < 1.29 is 24.2 Å². The van der Waals surface area contributed by atoms with Crippen LogP contribution in [0.15, 0.2) is 47.2 Å². The van der Waals surface area contributed by atoms with Gasteiger partial charge in [-0.25, -0.2) is 9.59 Å². The van der Waals surface area contributed by atoms with Crippen molar-refractivity contribution in [3.05, 3.63) is 58.3 Å². The van der Waals surface area contributed by atoms with Crippen LogP contribution in [0.1, 0.15) is 15.9 Å². The monoisotopic (exact) mass is 400 g/mol. The van der Waals surface area contributed by atoms with E-state index in [4.69, 9.17) is 14.6 Å². The quantitative estimate of drug-likeness (QED) is 0.717. The highest BCUT2D eigenvalue weighted by Crippen LogP contribution is 2.32. The SMILES string of the molecule is O=C(Nc1cccc(C(=O)O)c1)N[C@H]1CO[C@H]2[C@@H]1OC[C@@H]2C=Cc1ccsc1. The minimum Gasteiger partial charge on any atom is -0.478 e. The summed E-state index contributed by atoms with van der Waals surface area (Å²) in [6, 6.07) is 7.47. The van der Waals surface area contributed by atoms with E-state index in [0.717, 1.165) is 5.56 Å². The zero-order chi connectivity index (χ0) is 19.5. The molecular weight excluding hydrogens is 380 g/mol. The predicted molar refractivity (Wildman–Crippen MR) is 106 cm³/mol. The molecule has 8 heteroatoms. The maximum Gasteiger partial charge on any atom is 0.335 e. The van der Waals surface area contributed by atoms with Gasteiger partial charge in [-0.2, -0.15) is 11.3 Å². The number of aromatic carboxylic acids is 1. The van der Waals surface area contributed by atoms with E-state index >= 15 is 0 Å². The summed E-state index contributed by atoms with van der Waals surface area (Å²) in [4.78, 5) is 23.3. The molecule has 1 aromatic carbocycles. The van der Waals surface area contributed by atoms with E-state index in [0.29, 0.717) is 18.9 Å². The molecule has 3 N–H and O–H groups in total. The first-order valence-corrected chi connectivity index (χ1v) is 9.89. The second kappa shape index (κ2) is 8.14. The molecule has 1 aromatic heterocycles. The summed E-state index contributed by atoms with van der Waals surface area (Å²) in [5.41, 5.74) is 1.68. The first kappa shape index (κ1) is 18.7. The largest absolute Gasteiger partial charge is 0.478 e. The van der Waals surface area contributed by atoms with E-state index in [1.165, 1.54) is 12.1 Å². The molecule has 2 fully saturated rings. The van der Waals surface area contributed by atoms with Crippen LogP contribution >= 0.6 is 11.3 Å². The van der Waals surface area contributed by atoms with Crippen LogP contribution in [0.5, 0.6) is 0 Å². The number of amides is 2. The molecule has 2 aliphatic rings. The highest BCUT2D eigenvalue weighted by Gasteiger charge is 2.47. The second-order valence-corrected chi connectivity index (χ2v) is 7.55. The van der Waals surface area contributed by atoms with Crippen LogP contribution in [-0.4, -0.2) is 48.6 Å². The Balaban J connectivity index is 1.33. The van der Waals surface area contributed by atoms with Gasteiger partial charge in [0, 0.05) is 11.6 Å². The van der Waals surface area contributed by atoms with Crippen LogP contribution in [0.25, 0.3) is 6.08 Å². The van der Waals surface area contributed by atoms with Gasteiger partial charge in [-0.3, -0.25) is 0 Å². The minimum absolute atomic E-state index is 0.0875. The second-order valence-electron chi connectivity index (χ2n) is 6.77. The maximum absolute atomic E-state index is 12.3. The van der Waals surface area contributed by atoms with Gasteiger partial charge < -0.3 is 25.2 Å². The Morgan fingerprint density at radius 1 is 1.18 bits per heavy atom. The Hall–Kier alpha value is -2.68. The highest BCUT2D eigenvalue weighted by atomic mass is 32.1. The van der Waals surface area contributed by atoms with Gasteiger partial charge in [0.2, 0.25) is 0 Å². The lowest BCUT2D eigenvalue weighted by atomic mass is 9.99. The molecule has 2 saturated heterocycles. The lowest BCUT2D eigenvalue weighted by Crippen LogP contribution is -2.45. The predicted octanol–water partition coefficient (Wildman–Crippen LogP) is 3.06. The normalized spacial score (nSPS) is 26.3. The van der Waals surface area contributed by atoms with Crippen molar-refractivity contribution in [2.45, 2.75) is 18.2 Å². The number of fused-ring (bicyclic) bond motifs is 1. The standard InChI is InChI=1S/C20H20N2O5S/c23-19(24)13-2-1-3-15(8-13)21-20(25)22-16-10-27-17-14(9-26-18(16)17)5-4-12-6-7-28-11-12/h1-8,11,14,16-18H,9-10H2,(H,23,24)(H2,21,22,25)/t14-,16-,17+,18+/m0/s1. The molecule has 7 nitrogen and oxygen atoms in total. The number of benzene rings is 1.